The Hall–Kier alpha value is -1.72. The van der Waals surface area contributed by atoms with E-state index in [2.05, 4.69) is 0 Å². The second-order valence-corrected chi connectivity index (χ2v) is 6.60. The van der Waals surface area contributed by atoms with Crippen molar-refractivity contribution in [2.75, 3.05) is 7.11 Å². The fraction of sp³-hybridized carbons (Fsp3) is 0.412. The molecular formula is C17H22BNO3. The largest absolute Gasteiger partial charge is 0.498 e. The highest BCUT2D eigenvalue weighted by atomic mass is 16.7. The molecule has 1 fully saturated rings. The molecule has 0 aliphatic carbocycles. The zero-order valence-electron chi connectivity index (χ0n) is 13.8. The Morgan fingerprint density at radius 2 is 1.59 bits per heavy atom. The molecule has 0 N–H and O–H groups in total. The number of nitrogens with zero attached hydrogens (tertiary/aromatic N) is 1. The van der Waals surface area contributed by atoms with Gasteiger partial charge in [0.25, 0.3) is 0 Å². The maximum Gasteiger partial charge on any atom is 0.498 e. The van der Waals surface area contributed by atoms with E-state index in [9.17, 15) is 0 Å². The maximum absolute atomic E-state index is 6.11. The Kier molecular flexibility index (Phi) is 3.58. The second kappa shape index (κ2) is 5.18. The van der Waals surface area contributed by atoms with Crippen molar-refractivity contribution >= 4 is 12.6 Å². The standard InChI is InChI=1S/C17H22BNO3/c1-16(2)17(3,4)22-18(21-16)14-9-8-13(12-15(14)20-5)19-10-6-7-11-19/h6-12H,1-5H3. The second-order valence-electron chi connectivity index (χ2n) is 6.60. The van der Waals surface area contributed by atoms with Gasteiger partial charge in [0, 0.05) is 29.6 Å². The van der Waals surface area contributed by atoms with Crippen molar-refractivity contribution in [2.24, 2.45) is 0 Å². The molecule has 2 heterocycles. The highest BCUT2D eigenvalue weighted by Crippen LogP contribution is 2.37. The molecule has 3 rings (SSSR count). The number of hydrogen-bond donors (Lipinski definition) is 0. The minimum absolute atomic E-state index is 0.359. The summed E-state index contributed by atoms with van der Waals surface area (Å²) in [6, 6.07) is 10.0. The molecule has 1 saturated heterocycles. The van der Waals surface area contributed by atoms with Crippen molar-refractivity contribution in [1.82, 2.24) is 4.57 Å². The first-order chi connectivity index (χ1) is 10.3. The van der Waals surface area contributed by atoms with E-state index in [4.69, 9.17) is 14.0 Å². The van der Waals surface area contributed by atoms with E-state index in [1.807, 2.05) is 75.0 Å². The van der Waals surface area contributed by atoms with Crippen LogP contribution in [0.1, 0.15) is 27.7 Å². The molecule has 0 atom stereocenters. The summed E-state index contributed by atoms with van der Waals surface area (Å²) in [5.74, 6) is 0.768. The van der Waals surface area contributed by atoms with Crippen molar-refractivity contribution in [2.45, 2.75) is 38.9 Å². The Morgan fingerprint density at radius 3 is 2.14 bits per heavy atom. The Morgan fingerprint density at radius 1 is 1.00 bits per heavy atom. The lowest BCUT2D eigenvalue weighted by atomic mass is 9.78. The number of aromatic nitrogens is 1. The lowest BCUT2D eigenvalue weighted by molar-refractivity contribution is 0.00578. The molecular weight excluding hydrogens is 277 g/mol. The van der Waals surface area contributed by atoms with E-state index in [-0.39, 0.29) is 11.2 Å². The lowest BCUT2D eigenvalue weighted by Crippen LogP contribution is -2.41. The molecule has 4 nitrogen and oxygen atoms in total. The third kappa shape index (κ3) is 2.44. The van der Waals surface area contributed by atoms with Gasteiger partial charge in [-0.25, -0.2) is 0 Å². The third-order valence-corrected chi connectivity index (χ3v) is 4.63. The molecule has 1 aliphatic rings. The van der Waals surface area contributed by atoms with Crippen LogP contribution in [0, 0.1) is 0 Å². The molecule has 0 bridgehead atoms. The smallest absolute Gasteiger partial charge is 0.497 e. The molecule has 1 aromatic heterocycles. The van der Waals surface area contributed by atoms with Crippen LogP contribution in [0.2, 0.25) is 0 Å². The van der Waals surface area contributed by atoms with Gasteiger partial charge in [-0.1, -0.05) is 6.07 Å². The van der Waals surface area contributed by atoms with Gasteiger partial charge in [0.05, 0.1) is 18.3 Å². The van der Waals surface area contributed by atoms with Crippen LogP contribution in [0.25, 0.3) is 5.69 Å². The van der Waals surface area contributed by atoms with Gasteiger partial charge in [-0.15, -0.1) is 0 Å². The van der Waals surface area contributed by atoms with E-state index in [1.54, 1.807) is 7.11 Å². The zero-order chi connectivity index (χ0) is 16.0. The van der Waals surface area contributed by atoms with Gasteiger partial charge in [0.15, 0.2) is 0 Å². The predicted octanol–water partition coefficient (Wildman–Crippen LogP) is 2.79. The molecule has 22 heavy (non-hydrogen) atoms. The minimum atomic E-state index is -0.418. The van der Waals surface area contributed by atoms with Crippen molar-refractivity contribution in [3.05, 3.63) is 42.7 Å². The first kappa shape index (κ1) is 15.2. The number of benzene rings is 1. The van der Waals surface area contributed by atoms with Crippen LogP contribution in [0.5, 0.6) is 5.75 Å². The summed E-state index contributed by atoms with van der Waals surface area (Å²) in [6.45, 7) is 8.20. The summed E-state index contributed by atoms with van der Waals surface area (Å²) in [5.41, 5.74) is 1.24. The maximum atomic E-state index is 6.11. The quantitative estimate of drug-likeness (QED) is 0.817. The monoisotopic (exact) mass is 299 g/mol. The zero-order valence-corrected chi connectivity index (χ0v) is 13.8. The molecule has 2 aromatic rings. The molecule has 5 heteroatoms. The topological polar surface area (TPSA) is 32.6 Å². The fourth-order valence-corrected chi connectivity index (χ4v) is 2.53. The normalized spacial score (nSPS) is 19.4. The highest BCUT2D eigenvalue weighted by Gasteiger charge is 2.52. The number of hydrogen-bond acceptors (Lipinski definition) is 3. The SMILES string of the molecule is COc1cc(-n2cccc2)ccc1B1OC(C)(C)C(C)(C)O1. The average Bonchev–Trinajstić information content (AvgIpc) is 3.05. The van der Waals surface area contributed by atoms with Crippen LogP contribution in [-0.2, 0) is 9.31 Å². The Balaban J connectivity index is 1.95. The lowest BCUT2D eigenvalue weighted by Gasteiger charge is -2.32. The van der Waals surface area contributed by atoms with Crippen LogP contribution in [0.3, 0.4) is 0 Å². The number of methoxy groups -OCH3 is 1. The average molecular weight is 299 g/mol. The van der Waals surface area contributed by atoms with Gasteiger partial charge in [-0.05, 0) is 45.9 Å². The highest BCUT2D eigenvalue weighted by molar-refractivity contribution is 6.63. The first-order valence-corrected chi connectivity index (χ1v) is 7.51. The van der Waals surface area contributed by atoms with Gasteiger partial charge < -0.3 is 18.6 Å². The molecule has 0 spiro atoms. The molecule has 0 unspecified atom stereocenters. The minimum Gasteiger partial charge on any atom is -0.497 e. The fourth-order valence-electron chi connectivity index (χ4n) is 2.53. The van der Waals surface area contributed by atoms with Crippen molar-refractivity contribution in [3.8, 4) is 11.4 Å². The number of rotatable bonds is 3. The van der Waals surface area contributed by atoms with Crippen LogP contribution in [0.4, 0.5) is 0 Å². The molecule has 0 radical (unpaired) electrons. The number of ether oxygens (including phenoxy) is 1. The van der Waals surface area contributed by atoms with Crippen LogP contribution in [0.15, 0.2) is 42.7 Å². The molecule has 0 saturated carbocycles. The van der Waals surface area contributed by atoms with Gasteiger partial charge in [-0.2, -0.15) is 0 Å². The van der Waals surface area contributed by atoms with Gasteiger partial charge in [0.1, 0.15) is 5.75 Å². The predicted molar refractivity (Wildman–Crippen MR) is 88.0 cm³/mol. The first-order valence-electron chi connectivity index (χ1n) is 7.51. The van der Waals surface area contributed by atoms with Crippen LogP contribution < -0.4 is 10.2 Å². The summed E-state index contributed by atoms with van der Waals surface area (Å²) in [7, 11) is 1.25. The van der Waals surface area contributed by atoms with E-state index in [1.165, 1.54) is 0 Å². The summed E-state index contributed by atoms with van der Waals surface area (Å²) >= 11 is 0. The van der Waals surface area contributed by atoms with Crippen LogP contribution in [-0.4, -0.2) is 30.0 Å². The summed E-state index contributed by atoms with van der Waals surface area (Å²) in [5, 5.41) is 0. The Labute approximate surface area is 132 Å². The van der Waals surface area contributed by atoms with Crippen molar-refractivity contribution in [1.29, 1.82) is 0 Å². The van der Waals surface area contributed by atoms with Gasteiger partial charge in [0.2, 0.25) is 0 Å². The third-order valence-electron chi connectivity index (χ3n) is 4.63. The van der Waals surface area contributed by atoms with E-state index < -0.39 is 7.12 Å². The molecule has 0 amide bonds. The summed E-state index contributed by atoms with van der Waals surface area (Å²) < 4.78 is 19.8. The van der Waals surface area contributed by atoms with E-state index >= 15 is 0 Å². The van der Waals surface area contributed by atoms with E-state index in [0.717, 1.165) is 16.9 Å². The summed E-state index contributed by atoms with van der Waals surface area (Å²) in [4.78, 5) is 0. The summed E-state index contributed by atoms with van der Waals surface area (Å²) in [6.07, 6.45) is 4.01. The van der Waals surface area contributed by atoms with Crippen molar-refractivity contribution in [3.63, 3.8) is 0 Å². The molecule has 1 aliphatic heterocycles. The molecule has 1 aromatic carbocycles. The van der Waals surface area contributed by atoms with Gasteiger partial charge >= 0.3 is 7.12 Å². The van der Waals surface area contributed by atoms with Crippen molar-refractivity contribution < 1.29 is 14.0 Å². The molecule has 116 valence electrons. The van der Waals surface area contributed by atoms with E-state index in [0.29, 0.717) is 0 Å². The van der Waals surface area contributed by atoms with Crippen LogP contribution >= 0.6 is 0 Å². The van der Waals surface area contributed by atoms with Gasteiger partial charge in [-0.3, -0.25) is 0 Å². The Bertz CT molecular complexity index is 649.